The van der Waals surface area contributed by atoms with Crippen LogP contribution in [0, 0.1) is 0 Å². The summed E-state index contributed by atoms with van der Waals surface area (Å²) >= 11 is 6.06. The fourth-order valence-electron chi connectivity index (χ4n) is 2.44. The van der Waals surface area contributed by atoms with E-state index in [1.165, 1.54) is 0 Å². The zero-order valence-corrected chi connectivity index (χ0v) is 11.8. The average Bonchev–Trinajstić information content (AvgIpc) is 2.94. The molecule has 4 heteroatoms. The molecule has 3 nitrogen and oxygen atoms in total. The van der Waals surface area contributed by atoms with Gasteiger partial charge in [-0.15, -0.1) is 0 Å². The molecule has 0 spiro atoms. The third kappa shape index (κ3) is 1.94. The van der Waals surface area contributed by atoms with Crippen LogP contribution in [0.4, 0.5) is 5.69 Å². The number of halogens is 1. The van der Waals surface area contributed by atoms with Crippen LogP contribution >= 0.6 is 11.6 Å². The number of nitrogen functional groups attached to an aromatic ring is 1. The van der Waals surface area contributed by atoms with Crippen LogP contribution in [0.5, 0.6) is 0 Å². The molecule has 0 aliphatic heterocycles. The van der Waals surface area contributed by atoms with E-state index in [0.717, 1.165) is 27.4 Å². The fourth-order valence-corrected chi connectivity index (χ4v) is 2.63. The second kappa shape index (κ2) is 4.50. The normalized spacial score (nSPS) is 11.3. The molecule has 0 saturated carbocycles. The van der Waals surface area contributed by atoms with Crippen LogP contribution in [-0.2, 0) is 0 Å². The van der Waals surface area contributed by atoms with E-state index in [-0.39, 0.29) is 0 Å². The first-order valence-electron chi connectivity index (χ1n) is 6.56. The number of hydrogen-bond donors (Lipinski definition) is 1. The molecule has 0 unspecified atom stereocenters. The summed E-state index contributed by atoms with van der Waals surface area (Å²) in [4.78, 5) is 4.62. The largest absolute Gasteiger partial charge is 0.436 e. The highest BCUT2D eigenvalue weighted by Crippen LogP contribution is 2.31. The first-order valence-corrected chi connectivity index (χ1v) is 6.94. The van der Waals surface area contributed by atoms with Gasteiger partial charge in [0.2, 0.25) is 5.89 Å². The summed E-state index contributed by atoms with van der Waals surface area (Å²) in [5, 5.41) is 2.71. The summed E-state index contributed by atoms with van der Waals surface area (Å²) < 4.78 is 5.85. The maximum atomic E-state index is 6.06. The topological polar surface area (TPSA) is 52.0 Å². The highest BCUT2D eigenvalue weighted by Gasteiger charge is 2.11. The Bertz CT molecular complexity index is 975. The number of nitrogens with zero attached hydrogens (tertiary/aromatic N) is 1. The number of hydrogen-bond acceptors (Lipinski definition) is 3. The van der Waals surface area contributed by atoms with Crippen molar-refractivity contribution in [3.8, 4) is 11.5 Å². The van der Waals surface area contributed by atoms with Gasteiger partial charge >= 0.3 is 0 Å². The van der Waals surface area contributed by atoms with Crippen molar-refractivity contribution < 1.29 is 4.42 Å². The summed E-state index contributed by atoms with van der Waals surface area (Å²) in [6.07, 6.45) is 0. The summed E-state index contributed by atoms with van der Waals surface area (Å²) in [6.45, 7) is 0. The van der Waals surface area contributed by atoms with Gasteiger partial charge in [-0.2, -0.15) is 0 Å². The molecule has 1 heterocycles. The van der Waals surface area contributed by atoms with Gasteiger partial charge in [0.25, 0.3) is 0 Å². The van der Waals surface area contributed by atoms with Crippen molar-refractivity contribution in [1.82, 2.24) is 4.98 Å². The van der Waals surface area contributed by atoms with Gasteiger partial charge in [-0.25, -0.2) is 4.98 Å². The number of benzene rings is 3. The molecule has 1 aromatic heterocycles. The van der Waals surface area contributed by atoms with Crippen molar-refractivity contribution in [1.29, 1.82) is 0 Å². The van der Waals surface area contributed by atoms with E-state index in [9.17, 15) is 0 Å². The molecule has 4 rings (SSSR count). The highest BCUT2D eigenvalue weighted by molar-refractivity contribution is 6.33. The molecular formula is C17H11ClN2O. The summed E-state index contributed by atoms with van der Waals surface area (Å²) in [5.41, 5.74) is 8.71. The Balaban J connectivity index is 1.98. The molecule has 102 valence electrons. The van der Waals surface area contributed by atoms with Crippen molar-refractivity contribution in [3.05, 3.63) is 59.6 Å². The SMILES string of the molecule is Nc1ccc(-c2nc3c(ccc4ccccc43)o2)cc1Cl. The Kier molecular flexibility index (Phi) is 2.62. The number of aromatic nitrogens is 1. The molecule has 0 saturated heterocycles. The quantitative estimate of drug-likeness (QED) is 0.509. The van der Waals surface area contributed by atoms with Crippen LogP contribution in [0.25, 0.3) is 33.3 Å². The van der Waals surface area contributed by atoms with Crippen molar-refractivity contribution in [3.63, 3.8) is 0 Å². The van der Waals surface area contributed by atoms with Crippen LogP contribution in [0.2, 0.25) is 5.02 Å². The van der Waals surface area contributed by atoms with Gasteiger partial charge in [0.1, 0.15) is 5.52 Å². The molecular weight excluding hydrogens is 284 g/mol. The lowest BCUT2D eigenvalue weighted by Gasteiger charge is -1.99. The highest BCUT2D eigenvalue weighted by atomic mass is 35.5. The summed E-state index contributed by atoms with van der Waals surface area (Å²) in [7, 11) is 0. The molecule has 0 aliphatic rings. The lowest BCUT2D eigenvalue weighted by atomic mass is 10.1. The predicted octanol–water partition coefficient (Wildman–Crippen LogP) is 4.88. The molecule has 0 bridgehead atoms. The zero-order chi connectivity index (χ0) is 14.4. The van der Waals surface area contributed by atoms with E-state index in [1.54, 1.807) is 12.1 Å². The van der Waals surface area contributed by atoms with Crippen LogP contribution in [0.3, 0.4) is 0 Å². The zero-order valence-electron chi connectivity index (χ0n) is 11.0. The van der Waals surface area contributed by atoms with Crippen molar-refractivity contribution in [2.75, 3.05) is 5.73 Å². The van der Waals surface area contributed by atoms with Gasteiger partial charge in [-0.3, -0.25) is 0 Å². The van der Waals surface area contributed by atoms with Crippen LogP contribution in [0.1, 0.15) is 0 Å². The Morgan fingerprint density at radius 1 is 1.00 bits per heavy atom. The van der Waals surface area contributed by atoms with E-state index in [0.29, 0.717) is 16.6 Å². The third-order valence-corrected chi connectivity index (χ3v) is 3.86. The van der Waals surface area contributed by atoms with E-state index < -0.39 is 0 Å². The number of anilines is 1. The summed E-state index contributed by atoms with van der Waals surface area (Å²) in [5.74, 6) is 0.545. The van der Waals surface area contributed by atoms with Crippen molar-refractivity contribution in [2.45, 2.75) is 0 Å². The summed E-state index contributed by atoms with van der Waals surface area (Å²) in [6, 6.07) is 17.5. The molecule has 0 fully saturated rings. The Morgan fingerprint density at radius 2 is 1.86 bits per heavy atom. The number of fused-ring (bicyclic) bond motifs is 3. The molecule has 21 heavy (non-hydrogen) atoms. The van der Waals surface area contributed by atoms with E-state index in [2.05, 4.69) is 11.1 Å². The maximum absolute atomic E-state index is 6.06. The van der Waals surface area contributed by atoms with E-state index in [1.807, 2.05) is 36.4 Å². The molecule has 0 atom stereocenters. The molecule has 2 N–H and O–H groups in total. The van der Waals surface area contributed by atoms with Gasteiger partial charge in [-0.1, -0.05) is 41.9 Å². The Labute approximate surface area is 126 Å². The minimum atomic E-state index is 0.500. The van der Waals surface area contributed by atoms with Gasteiger partial charge < -0.3 is 10.2 Å². The first-order chi connectivity index (χ1) is 10.2. The van der Waals surface area contributed by atoms with Gasteiger partial charge in [-0.05, 0) is 29.7 Å². The predicted molar refractivity (Wildman–Crippen MR) is 86.4 cm³/mol. The van der Waals surface area contributed by atoms with Crippen LogP contribution in [-0.4, -0.2) is 4.98 Å². The van der Waals surface area contributed by atoms with Crippen molar-refractivity contribution >= 4 is 39.2 Å². The van der Waals surface area contributed by atoms with Crippen molar-refractivity contribution in [2.24, 2.45) is 0 Å². The van der Waals surface area contributed by atoms with E-state index in [4.69, 9.17) is 21.8 Å². The Hall–Kier alpha value is -2.52. The maximum Gasteiger partial charge on any atom is 0.227 e. The standard InChI is InChI=1S/C17H11ClN2O/c18-13-9-11(5-7-14(13)19)17-20-16-12-4-2-1-3-10(12)6-8-15(16)21-17/h1-9H,19H2. The number of nitrogens with two attached hydrogens (primary N) is 1. The third-order valence-electron chi connectivity index (χ3n) is 3.53. The minimum Gasteiger partial charge on any atom is -0.436 e. The monoisotopic (exact) mass is 294 g/mol. The smallest absolute Gasteiger partial charge is 0.227 e. The fraction of sp³-hybridized carbons (Fsp3) is 0. The number of rotatable bonds is 1. The molecule has 0 radical (unpaired) electrons. The van der Waals surface area contributed by atoms with Crippen LogP contribution < -0.4 is 5.73 Å². The molecule has 0 aliphatic carbocycles. The molecule has 0 amide bonds. The van der Waals surface area contributed by atoms with Crippen LogP contribution in [0.15, 0.2) is 59.0 Å². The van der Waals surface area contributed by atoms with Gasteiger partial charge in [0, 0.05) is 10.9 Å². The van der Waals surface area contributed by atoms with E-state index >= 15 is 0 Å². The van der Waals surface area contributed by atoms with Gasteiger partial charge in [0.15, 0.2) is 5.58 Å². The lowest BCUT2D eigenvalue weighted by molar-refractivity contribution is 0.620. The lowest BCUT2D eigenvalue weighted by Crippen LogP contribution is -1.86. The number of oxazole rings is 1. The molecule has 3 aromatic carbocycles. The molecule has 4 aromatic rings. The van der Waals surface area contributed by atoms with Gasteiger partial charge in [0.05, 0.1) is 10.7 Å². The first kappa shape index (κ1) is 12.2. The second-order valence-corrected chi connectivity index (χ2v) is 5.30. The Morgan fingerprint density at radius 3 is 2.71 bits per heavy atom. The average molecular weight is 295 g/mol. The second-order valence-electron chi connectivity index (χ2n) is 4.89. The minimum absolute atomic E-state index is 0.500.